The summed E-state index contributed by atoms with van der Waals surface area (Å²) in [6.07, 6.45) is 6.72. The van der Waals surface area contributed by atoms with Gasteiger partial charge < -0.3 is 9.64 Å². The van der Waals surface area contributed by atoms with Crippen molar-refractivity contribution in [3.8, 4) is 5.75 Å². The lowest BCUT2D eigenvalue weighted by Crippen LogP contribution is -2.40. The monoisotopic (exact) mass is 520 g/mol. The summed E-state index contributed by atoms with van der Waals surface area (Å²) >= 11 is 6.78. The number of fused-ring (bicyclic) bond motifs is 1. The number of amides is 1. The normalized spacial score (nSPS) is 19.5. The van der Waals surface area contributed by atoms with E-state index >= 15 is 0 Å². The minimum atomic E-state index is -0.202. The molecular weight excluding hydrogens is 492 g/mol. The Hall–Kier alpha value is -3.17. The minimum Gasteiger partial charge on any atom is -0.497 e. The van der Waals surface area contributed by atoms with E-state index in [0.29, 0.717) is 32.8 Å². The van der Waals surface area contributed by atoms with Crippen LogP contribution in [0.1, 0.15) is 42.9 Å². The predicted octanol–water partition coefficient (Wildman–Crippen LogP) is 4.79. The Morgan fingerprint density at radius 3 is 2.67 bits per heavy atom. The van der Waals surface area contributed by atoms with Crippen LogP contribution in [0.25, 0.3) is 11.7 Å². The number of thioether (sulfide) groups is 1. The maximum atomic E-state index is 13.7. The number of aromatic nitrogens is 2. The second kappa shape index (κ2) is 10.1. The van der Waals surface area contributed by atoms with E-state index in [1.54, 1.807) is 28.7 Å². The molecule has 1 unspecified atom stereocenters. The van der Waals surface area contributed by atoms with Crippen LogP contribution in [0.4, 0.5) is 5.82 Å². The van der Waals surface area contributed by atoms with Crippen molar-refractivity contribution in [3.63, 3.8) is 0 Å². The fraction of sp³-hybridized carbons (Fsp3) is 0.333. The molecule has 186 valence electrons. The van der Waals surface area contributed by atoms with Gasteiger partial charge in [0.05, 0.1) is 24.1 Å². The van der Waals surface area contributed by atoms with E-state index in [1.165, 1.54) is 11.8 Å². The van der Waals surface area contributed by atoms with Crippen LogP contribution in [0.2, 0.25) is 0 Å². The smallest absolute Gasteiger partial charge is 0.267 e. The molecule has 2 saturated heterocycles. The topological polar surface area (TPSA) is 67.2 Å². The van der Waals surface area contributed by atoms with Crippen LogP contribution in [-0.4, -0.2) is 44.2 Å². The number of thiocarbonyl (C=S) groups is 1. The number of anilines is 1. The second-order valence-electron chi connectivity index (χ2n) is 9.24. The first-order chi connectivity index (χ1) is 17.4. The molecule has 0 radical (unpaired) electrons. The molecule has 0 aliphatic carbocycles. The number of nitrogens with zero attached hydrogens (tertiary/aromatic N) is 4. The van der Waals surface area contributed by atoms with E-state index in [2.05, 4.69) is 11.8 Å². The highest BCUT2D eigenvalue weighted by Crippen LogP contribution is 2.35. The number of carbonyl (C=O) groups is 1. The summed E-state index contributed by atoms with van der Waals surface area (Å²) in [5.74, 6) is 1.19. The molecule has 3 aromatic rings. The van der Waals surface area contributed by atoms with Crippen LogP contribution in [0.15, 0.2) is 52.3 Å². The van der Waals surface area contributed by atoms with Gasteiger partial charge in [-0.15, -0.1) is 0 Å². The first-order valence-electron chi connectivity index (χ1n) is 12.0. The molecule has 2 fully saturated rings. The molecule has 0 saturated carbocycles. The molecule has 9 heteroatoms. The number of hydrogen-bond acceptors (Lipinski definition) is 7. The minimum absolute atomic E-state index is 0.183. The van der Waals surface area contributed by atoms with E-state index in [1.807, 2.05) is 43.3 Å². The molecule has 4 heterocycles. The number of hydrogen-bond donors (Lipinski definition) is 0. The Balaban J connectivity index is 1.55. The Kier molecular flexibility index (Phi) is 6.85. The van der Waals surface area contributed by atoms with Crippen LogP contribution < -0.4 is 15.2 Å². The fourth-order valence-electron chi connectivity index (χ4n) is 4.69. The summed E-state index contributed by atoms with van der Waals surface area (Å²) in [7, 11) is 1.62. The largest absolute Gasteiger partial charge is 0.497 e. The number of ether oxygens (including phenoxy) is 1. The lowest BCUT2D eigenvalue weighted by molar-refractivity contribution is -0.122. The first-order valence-corrected chi connectivity index (χ1v) is 13.3. The van der Waals surface area contributed by atoms with Crippen molar-refractivity contribution in [2.24, 2.45) is 0 Å². The third-order valence-electron chi connectivity index (χ3n) is 6.71. The van der Waals surface area contributed by atoms with Gasteiger partial charge in [0.15, 0.2) is 0 Å². The summed E-state index contributed by atoms with van der Waals surface area (Å²) in [6, 6.07) is 11.6. The Morgan fingerprint density at radius 2 is 1.94 bits per heavy atom. The zero-order chi connectivity index (χ0) is 25.4. The molecule has 0 N–H and O–H groups in total. The molecular formula is C27H28N4O3S2. The molecule has 0 spiro atoms. The maximum absolute atomic E-state index is 13.7. The van der Waals surface area contributed by atoms with Gasteiger partial charge in [0.25, 0.3) is 11.5 Å². The highest BCUT2D eigenvalue weighted by atomic mass is 32.2. The number of piperidine rings is 1. The second-order valence-corrected chi connectivity index (χ2v) is 10.9. The van der Waals surface area contributed by atoms with Gasteiger partial charge in [-0.3, -0.25) is 18.9 Å². The number of pyridine rings is 1. The van der Waals surface area contributed by atoms with Gasteiger partial charge >= 0.3 is 0 Å². The Bertz CT molecular complexity index is 1430. The molecule has 2 aliphatic heterocycles. The molecule has 0 bridgehead atoms. The first kappa shape index (κ1) is 24.5. The molecule has 1 atom stereocenters. The molecule has 1 aromatic carbocycles. The molecule has 36 heavy (non-hydrogen) atoms. The van der Waals surface area contributed by atoms with Crippen LogP contribution in [0, 0.1) is 6.92 Å². The van der Waals surface area contributed by atoms with Crippen molar-refractivity contribution in [2.45, 2.75) is 45.7 Å². The SMILES string of the molecule is COc1ccc(CN2C(=O)C(=Cc3c(N4CCCCC4C)nc4ccc(C)cn4c3=O)SC2=S)cc1. The average Bonchev–Trinajstić information content (AvgIpc) is 3.14. The van der Waals surface area contributed by atoms with Crippen LogP contribution in [0.3, 0.4) is 0 Å². The van der Waals surface area contributed by atoms with E-state index in [9.17, 15) is 9.59 Å². The number of aryl methyl sites for hydroxylation is 1. The van der Waals surface area contributed by atoms with Crippen molar-refractivity contribution < 1.29 is 9.53 Å². The Labute approximate surface area is 219 Å². The van der Waals surface area contributed by atoms with Gasteiger partial charge in [0.1, 0.15) is 21.5 Å². The molecule has 2 aromatic heterocycles. The van der Waals surface area contributed by atoms with E-state index in [-0.39, 0.29) is 17.5 Å². The van der Waals surface area contributed by atoms with Crippen LogP contribution in [0.5, 0.6) is 5.75 Å². The van der Waals surface area contributed by atoms with Crippen molar-refractivity contribution in [1.82, 2.24) is 14.3 Å². The highest BCUT2D eigenvalue weighted by Gasteiger charge is 2.33. The quantitative estimate of drug-likeness (QED) is 0.354. The summed E-state index contributed by atoms with van der Waals surface area (Å²) in [5, 5.41) is 0. The van der Waals surface area contributed by atoms with E-state index < -0.39 is 0 Å². The summed E-state index contributed by atoms with van der Waals surface area (Å²) in [4.78, 5) is 36.3. The number of methoxy groups -OCH3 is 1. The van der Waals surface area contributed by atoms with Gasteiger partial charge in [-0.05, 0) is 68.5 Å². The van der Waals surface area contributed by atoms with Gasteiger partial charge in [-0.2, -0.15) is 0 Å². The Morgan fingerprint density at radius 1 is 1.17 bits per heavy atom. The molecule has 5 rings (SSSR count). The van der Waals surface area contributed by atoms with Gasteiger partial charge in [0, 0.05) is 18.8 Å². The maximum Gasteiger partial charge on any atom is 0.267 e. The lowest BCUT2D eigenvalue weighted by Gasteiger charge is -2.35. The van der Waals surface area contributed by atoms with Gasteiger partial charge in [-0.1, -0.05) is 42.2 Å². The van der Waals surface area contributed by atoms with Crippen molar-refractivity contribution in [1.29, 1.82) is 0 Å². The molecule has 2 aliphatic rings. The van der Waals surface area contributed by atoms with Gasteiger partial charge in [0.2, 0.25) is 0 Å². The fourth-order valence-corrected chi connectivity index (χ4v) is 5.92. The van der Waals surface area contributed by atoms with E-state index in [4.69, 9.17) is 21.9 Å². The zero-order valence-electron chi connectivity index (χ0n) is 20.6. The standard InChI is InChI=1S/C27H28N4O3S2/c1-17-7-12-23-28-24(29-13-5-4-6-18(29)2)21(25(32)30(23)15-17)14-22-26(33)31(27(35)36-22)16-19-8-10-20(34-3)11-9-19/h7-12,14-15,18H,4-6,13,16H2,1-3H3. The zero-order valence-corrected chi connectivity index (χ0v) is 22.2. The van der Waals surface area contributed by atoms with Gasteiger partial charge in [-0.25, -0.2) is 4.98 Å². The van der Waals surface area contributed by atoms with E-state index in [0.717, 1.165) is 42.7 Å². The average molecular weight is 521 g/mol. The third-order valence-corrected chi connectivity index (χ3v) is 8.09. The third kappa shape index (κ3) is 4.65. The number of carbonyl (C=O) groups excluding carboxylic acids is 1. The molecule has 7 nitrogen and oxygen atoms in total. The number of rotatable bonds is 5. The van der Waals surface area contributed by atoms with Crippen molar-refractivity contribution in [2.75, 3.05) is 18.6 Å². The predicted molar refractivity (Wildman–Crippen MR) is 149 cm³/mol. The summed E-state index contributed by atoms with van der Waals surface area (Å²) < 4.78 is 7.26. The van der Waals surface area contributed by atoms with Crippen molar-refractivity contribution in [3.05, 3.63) is 74.5 Å². The molecule has 1 amide bonds. The summed E-state index contributed by atoms with van der Waals surface area (Å²) in [5.41, 5.74) is 2.75. The highest BCUT2D eigenvalue weighted by molar-refractivity contribution is 8.26. The summed E-state index contributed by atoms with van der Waals surface area (Å²) in [6.45, 7) is 5.29. The van der Waals surface area contributed by atoms with Crippen LogP contribution in [-0.2, 0) is 11.3 Å². The van der Waals surface area contributed by atoms with Crippen molar-refractivity contribution >= 4 is 51.7 Å². The number of benzene rings is 1. The van der Waals surface area contributed by atoms with Crippen LogP contribution >= 0.6 is 24.0 Å². The lowest BCUT2D eigenvalue weighted by atomic mass is 10.0.